The molecule has 0 spiro atoms. The molecule has 0 atom stereocenters. The van der Waals surface area contributed by atoms with Gasteiger partial charge in [-0.1, -0.05) is 18.2 Å². The van der Waals surface area contributed by atoms with Crippen molar-refractivity contribution in [2.75, 3.05) is 7.11 Å². The van der Waals surface area contributed by atoms with Crippen LogP contribution in [0, 0.1) is 0 Å². The topological polar surface area (TPSA) is 74.3 Å². The van der Waals surface area contributed by atoms with Gasteiger partial charge in [0.1, 0.15) is 17.2 Å². The second-order valence-corrected chi connectivity index (χ2v) is 5.98. The first kappa shape index (κ1) is 16.8. The van der Waals surface area contributed by atoms with Crippen LogP contribution in [0.1, 0.15) is 0 Å². The zero-order valence-corrected chi connectivity index (χ0v) is 14.6. The number of hydrogen-bond acceptors (Lipinski definition) is 5. The van der Waals surface area contributed by atoms with Crippen LogP contribution >= 0.6 is 0 Å². The molecule has 6 heteroatoms. The number of allylic oxidation sites excluding steroid dienone is 1. The number of benzene rings is 2. The molecule has 0 fully saturated rings. The third-order valence-corrected chi connectivity index (χ3v) is 4.36. The first-order valence-electron chi connectivity index (χ1n) is 8.35. The summed E-state index contributed by atoms with van der Waals surface area (Å²) in [4.78, 5) is 30.4. The van der Waals surface area contributed by atoms with Crippen LogP contribution < -0.4 is 15.7 Å². The third kappa shape index (κ3) is 2.71. The standard InChI is InChI=1S/C21H16N2O4/c1-3-12-23-19(13-8-10-14(26-2)11-9-13)22-20-17(21(23)25)18(24)15-6-4-5-7-16(15)27-20/h3-11H,1,12H2,2H3. The van der Waals surface area contributed by atoms with Crippen molar-refractivity contribution in [3.8, 4) is 17.1 Å². The predicted molar refractivity (Wildman–Crippen MR) is 104 cm³/mol. The van der Waals surface area contributed by atoms with Crippen LogP contribution in [0.25, 0.3) is 33.5 Å². The molecule has 0 N–H and O–H groups in total. The van der Waals surface area contributed by atoms with Crippen molar-refractivity contribution in [3.05, 3.63) is 81.8 Å². The van der Waals surface area contributed by atoms with Gasteiger partial charge in [0.2, 0.25) is 11.1 Å². The quantitative estimate of drug-likeness (QED) is 0.412. The van der Waals surface area contributed by atoms with Crippen molar-refractivity contribution in [2.45, 2.75) is 6.54 Å². The normalized spacial score (nSPS) is 11.0. The minimum Gasteiger partial charge on any atom is -0.497 e. The van der Waals surface area contributed by atoms with E-state index in [1.807, 2.05) is 0 Å². The maximum absolute atomic E-state index is 13.1. The molecule has 27 heavy (non-hydrogen) atoms. The molecule has 134 valence electrons. The summed E-state index contributed by atoms with van der Waals surface area (Å²) in [6.07, 6.45) is 1.59. The second kappa shape index (κ2) is 6.57. The van der Waals surface area contributed by atoms with Gasteiger partial charge in [0.15, 0.2) is 5.39 Å². The highest BCUT2D eigenvalue weighted by atomic mass is 16.5. The van der Waals surface area contributed by atoms with Gasteiger partial charge in [-0.15, -0.1) is 6.58 Å². The number of ether oxygens (including phenoxy) is 1. The Balaban J connectivity index is 2.10. The van der Waals surface area contributed by atoms with E-state index in [2.05, 4.69) is 11.6 Å². The minimum atomic E-state index is -0.453. The SMILES string of the molecule is C=CCn1c(-c2ccc(OC)cc2)nc2oc3ccccc3c(=O)c2c1=O. The summed E-state index contributed by atoms with van der Waals surface area (Å²) in [5.74, 6) is 1.09. The van der Waals surface area contributed by atoms with Gasteiger partial charge in [-0.2, -0.15) is 4.98 Å². The molecule has 2 heterocycles. The molecule has 0 unspecified atom stereocenters. The number of hydrogen-bond donors (Lipinski definition) is 0. The van der Waals surface area contributed by atoms with E-state index in [1.165, 1.54) is 4.57 Å². The molecule has 0 amide bonds. The summed E-state index contributed by atoms with van der Waals surface area (Å²) in [6, 6.07) is 14.0. The van der Waals surface area contributed by atoms with Crippen LogP contribution in [0.3, 0.4) is 0 Å². The lowest BCUT2D eigenvalue weighted by atomic mass is 10.1. The van der Waals surface area contributed by atoms with Gasteiger partial charge in [-0.25, -0.2) is 0 Å². The fourth-order valence-electron chi connectivity index (χ4n) is 3.04. The third-order valence-electron chi connectivity index (χ3n) is 4.36. The molecule has 0 saturated carbocycles. The fraction of sp³-hybridized carbons (Fsp3) is 0.0952. The average molecular weight is 360 g/mol. The maximum Gasteiger partial charge on any atom is 0.269 e. The Hall–Kier alpha value is -3.67. The minimum absolute atomic E-state index is 0.0230. The smallest absolute Gasteiger partial charge is 0.269 e. The Morgan fingerprint density at radius 1 is 1.15 bits per heavy atom. The number of fused-ring (bicyclic) bond motifs is 2. The van der Waals surface area contributed by atoms with E-state index in [-0.39, 0.29) is 23.1 Å². The van der Waals surface area contributed by atoms with Crippen LogP contribution in [0.2, 0.25) is 0 Å². The van der Waals surface area contributed by atoms with Crippen LogP contribution in [0.5, 0.6) is 5.75 Å². The molecule has 0 bridgehead atoms. The van der Waals surface area contributed by atoms with Crippen molar-refractivity contribution in [1.29, 1.82) is 0 Å². The first-order valence-corrected chi connectivity index (χ1v) is 8.35. The summed E-state index contributed by atoms with van der Waals surface area (Å²) in [6.45, 7) is 3.92. The van der Waals surface area contributed by atoms with E-state index < -0.39 is 5.56 Å². The van der Waals surface area contributed by atoms with Crippen molar-refractivity contribution >= 4 is 22.1 Å². The predicted octanol–water partition coefficient (Wildman–Crippen LogP) is 3.36. The van der Waals surface area contributed by atoms with Gasteiger partial charge in [0.05, 0.1) is 12.5 Å². The lowest BCUT2D eigenvalue weighted by Gasteiger charge is -2.12. The summed E-state index contributed by atoms with van der Waals surface area (Å²) >= 11 is 0. The molecule has 0 saturated heterocycles. The molecule has 0 aliphatic rings. The molecule has 0 aliphatic heterocycles. The lowest BCUT2D eigenvalue weighted by Crippen LogP contribution is -2.27. The number of aromatic nitrogens is 2. The van der Waals surface area contributed by atoms with Gasteiger partial charge in [0.25, 0.3) is 5.56 Å². The van der Waals surface area contributed by atoms with Gasteiger partial charge >= 0.3 is 0 Å². The lowest BCUT2D eigenvalue weighted by molar-refractivity contribution is 0.415. The Kier molecular flexibility index (Phi) is 4.08. The van der Waals surface area contributed by atoms with E-state index in [1.54, 1.807) is 61.7 Å². The first-order chi connectivity index (χ1) is 13.1. The number of nitrogens with zero attached hydrogens (tertiary/aromatic N) is 2. The maximum atomic E-state index is 13.1. The molecule has 2 aromatic carbocycles. The highest BCUT2D eigenvalue weighted by Gasteiger charge is 2.18. The molecule has 0 radical (unpaired) electrons. The van der Waals surface area contributed by atoms with Crippen LogP contribution in [-0.4, -0.2) is 16.7 Å². The van der Waals surface area contributed by atoms with Crippen molar-refractivity contribution in [2.24, 2.45) is 0 Å². The van der Waals surface area contributed by atoms with Gasteiger partial charge < -0.3 is 9.15 Å². The zero-order chi connectivity index (χ0) is 19.0. The zero-order valence-electron chi connectivity index (χ0n) is 14.6. The monoisotopic (exact) mass is 360 g/mol. The van der Waals surface area contributed by atoms with E-state index in [0.29, 0.717) is 28.1 Å². The summed E-state index contributed by atoms with van der Waals surface area (Å²) in [5, 5.41) is 0.291. The number of rotatable bonds is 4. The highest BCUT2D eigenvalue weighted by Crippen LogP contribution is 2.23. The van der Waals surface area contributed by atoms with Crippen LogP contribution in [0.4, 0.5) is 0 Å². The molecule has 4 rings (SSSR count). The van der Waals surface area contributed by atoms with E-state index >= 15 is 0 Å². The summed E-state index contributed by atoms with van der Waals surface area (Å²) in [5.41, 5.74) is 0.278. The number of para-hydroxylation sites is 1. The molecule has 6 nitrogen and oxygen atoms in total. The van der Waals surface area contributed by atoms with E-state index in [0.717, 1.165) is 0 Å². The molecule has 2 aromatic heterocycles. The van der Waals surface area contributed by atoms with Gasteiger partial charge in [0, 0.05) is 12.1 Å². The van der Waals surface area contributed by atoms with Crippen LogP contribution in [0.15, 0.2) is 75.2 Å². The molecular weight excluding hydrogens is 344 g/mol. The van der Waals surface area contributed by atoms with E-state index in [4.69, 9.17) is 9.15 Å². The second-order valence-electron chi connectivity index (χ2n) is 5.98. The van der Waals surface area contributed by atoms with Crippen molar-refractivity contribution < 1.29 is 9.15 Å². The number of methoxy groups -OCH3 is 1. The molecule has 4 aromatic rings. The van der Waals surface area contributed by atoms with Crippen molar-refractivity contribution in [1.82, 2.24) is 9.55 Å². The molecule has 0 aliphatic carbocycles. The highest BCUT2D eigenvalue weighted by molar-refractivity contribution is 5.88. The Labute approximate surface area is 154 Å². The van der Waals surface area contributed by atoms with Crippen molar-refractivity contribution in [3.63, 3.8) is 0 Å². The fourth-order valence-corrected chi connectivity index (χ4v) is 3.04. The Morgan fingerprint density at radius 3 is 2.59 bits per heavy atom. The summed E-state index contributed by atoms with van der Waals surface area (Å²) < 4.78 is 12.4. The summed E-state index contributed by atoms with van der Waals surface area (Å²) in [7, 11) is 1.58. The van der Waals surface area contributed by atoms with Crippen LogP contribution in [-0.2, 0) is 6.54 Å². The largest absolute Gasteiger partial charge is 0.497 e. The Morgan fingerprint density at radius 2 is 1.89 bits per heavy atom. The van der Waals surface area contributed by atoms with E-state index in [9.17, 15) is 9.59 Å². The average Bonchev–Trinajstić information content (AvgIpc) is 2.70. The Bertz CT molecular complexity index is 1280. The van der Waals surface area contributed by atoms with Gasteiger partial charge in [-0.05, 0) is 36.4 Å². The van der Waals surface area contributed by atoms with Gasteiger partial charge in [-0.3, -0.25) is 14.2 Å². The molecular formula is C21H16N2O4.